The summed E-state index contributed by atoms with van der Waals surface area (Å²) in [6.45, 7) is 4.39. The maximum Gasteiger partial charge on any atom is 0.411 e. The molecule has 0 unspecified atom stereocenters. The fourth-order valence-corrected chi connectivity index (χ4v) is 9.34. The van der Waals surface area contributed by atoms with Gasteiger partial charge in [0.05, 0.1) is 18.9 Å². The quantitative estimate of drug-likeness (QED) is 0.314. The number of hydrogen-bond donors (Lipinski definition) is 3. The van der Waals surface area contributed by atoms with Gasteiger partial charge >= 0.3 is 12.3 Å². The number of amides is 4. The summed E-state index contributed by atoms with van der Waals surface area (Å²) >= 11 is 0. The second kappa shape index (κ2) is 15.0. The second-order valence-corrected chi connectivity index (χ2v) is 18.1. The average molecular weight is 808 g/mol. The first-order valence-corrected chi connectivity index (χ1v) is 20.3. The second-order valence-electron chi connectivity index (χ2n) is 16.1. The summed E-state index contributed by atoms with van der Waals surface area (Å²) in [4.78, 5) is 61.7. The lowest BCUT2D eigenvalue weighted by Gasteiger charge is -2.45. The van der Waals surface area contributed by atoms with E-state index < -0.39 is 86.4 Å². The minimum absolute atomic E-state index is 0.0589. The lowest BCUT2D eigenvalue weighted by molar-refractivity contribution is -0.222. The van der Waals surface area contributed by atoms with Crippen LogP contribution >= 0.6 is 0 Å². The summed E-state index contributed by atoms with van der Waals surface area (Å²) in [5.41, 5.74) is -4.73. The molecule has 14 nitrogen and oxygen atoms in total. The van der Waals surface area contributed by atoms with Crippen molar-refractivity contribution in [2.45, 2.75) is 113 Å². The van der Waals surface area contributed by atoms with Crippen LogP contribution in [0.4, 0.5) is 18.0 Å². The van der Waals surface area contributed by atoms with Crippen molar-refractivity contribution in [3.63, 3.8) is 0 Å². The van der Waals surface area contributed by atoms with E-state index in [2.05, 4.69) is 15.0 Å². The van der Waals surface area contributed by atoms with E-state index in [1.807, 2.05) is 6.92 Å². The number of allylic oxidation sites excluding steroid dienone is 1. The Morgan fingerprint density at radius 1 is 1.11 bits per heavy atom. The minimum atomic E-state index is -5.09. The van der Waals surface area contributed by atoms with E-state index in [4.69, 9.17) is 9.47 Å². The summed E-state index contributed by atoms with van der Waals surface area (Å²) in [7, 11) is -2.60. The molecule has 3 heterocycles. The van der Waals surface area contributed by atoms with Gasteiger partial charge in [0.1, 0.15) is 29.3 Å². The van der Waals surface area contributed by atoms with Crippen molar-refractivity contribution in [3.05, 3.63) is 42.5 Å². The van der Waals surface area contributed by atoms with Gasteiger partial charge in [-0.25, -0.2) is 13.2 Å². The molecule has 2 aliphatic heterocycles. The Morgan fingerprint density at radius 3 is 2.45 bits per heavy atom. The molecule has 18 heteroatoms. The number of benzene rings is 1. The van der Waals surface area contributed by atoms with Crippen molar-refractivity contribution >= 4 is 44.6 Å². The molecule has 6 rings (SSSR count). The van der Waals surface area contributed by atoms with Gasteiger partial charge < -0.3 is 24.8 Å². The van der Waals surface area contributed by atoms with Crippen LogP contribution in [0.1, 0.15) is 72.6 Å². The van der Waals surface area contributed by atoms with Gasteiger partial charge in [0, 0.05) is 23.8 Å². The van der Waals surface area contributed by atoms with E-state index in [0.29, 0.717) is 50.3 Å². The van der Waals surface area contributed by atoms with Crippen LogP contribution in [0.15, 0.2) is 42.5 Å². The van der Waals surface area contributed by atoms with Gasteiger partial charge in [0.15, 0.2) is 0 Å². The zero-order valence-electron chi connectivity index (χ0n) is 31.8. The lowest BCUT2D eigenvalue weighted by Crippen LogP contribution is -2.66. The number of carboxylic acid groups (broad SMARTS) is 1. The number of hydrogen-bond acceptors (Lipinski definition) is 9. The minimum Gasteiger partial charge on any atom is -0.481 e. The molecule has 0 radical (unpaired) electrons. The van der Waals surface area contributed by atoms with E-state index in [-0.39, 0.29) is 48.4 Å². The van der Waals surface area contributed by atoms with Crippen LogP contribution in [0.2, 0.25) is 0 Å². The van der Waals surface area contributed by atoms with Gasteiger partial charge in [-0.2, -0.15) is 18.2 Å². The zero-order valence-corrected chi connectivity index (χ0v) is 32.7. The lowest BCUT2D eigenvalue weighted by atomic mass is 9.85. The number of alkyl halides is 3. The molecule has 2 aromatic rings. The van der Waals surface area contributed by atoms with E-state index >= 15 is 0 Å². The number of pyridine rings is 1. The van der Waals surface area contributed by atoms with Crippen molar-refractivity contribution in [2.75, 3.05) is 13.7 Å². The topological polar surface area (TPSA) is 185 Å². The third-order valence-corrected chi connectivity index (χ3v) is 13.3. The van der Waals surface area contributed by atoms with Gasteiger partial charge in [-0.1, -0.05) is 44.2 Å². The molecular weight excluding hydrogens is 760 g/mol. The molecule has 56 heavy (non-hydrogen) atoms. The van der Waals surface area contributed by atoms with Gasteiger partial charge in [0.2, 0.25) is 33.6 Å². The summed E-state index contributed by atoms with van der Waals surface area (Å²) in [5.74, 6) is -4.29. The van der Waals surface area contributed by atoms with Crippen molar-refractivity contribution in [1.82, 2.24) is 24.8 Å². The number of nitrogens with one attached hydrogen (secondary N) is 2. The summed E-state index contributed by atoms with van der Waals surface area (Å²) in [5, 5.41) is 13.7. The Bertz CT molecular complexity index is 2020. The highest BCUT2D eigenvalue weighted by molar-refractivity contribution is 7.91. The molecule has 2 aliphatic carbocycles. The largest absolute Gasteiger partial charge is 0.481 e. The zero-order chi connectivity index (χ0) is 41.0. The Balaban J connectivity index is 1.43. The maximum absolute atomic E-state index is 14.9. The molecule has 7 atom stereocenters. The van der Waals surface area contributed by atoms with Gasteiger partial charge in [0.25, 0.3) is 5.91 Å². The molecule has 1 aromatic heterocycles. The summed E-state index contributed by atoms with van der Waals surface area (Å²) in [6, 6.07) is 5.40. The molecule has 1 aromatic carbocycles. The van der Waals surface area contributed by atoms with E-state index in [9.17, 15) is 45.9 Å². The van der Waals surface area contributed by atoms with Crippen molar-refractivity contribution in [3.8, 4) is 11.8 Å². The maximum atomic E-state index is 14.9. The first kappa shape index (κ1) is 41.0. The SMILES string of the molecule is COc1cc2ccccc2c(O[C@@H]2C[C@H]3C(=O)N[C@]4(C(=O)NS(=O)(=O)C5CC5)C[C@H]4C=CCC[C@H](C)C[C@@H](C)[C@H](N(C(=O)O)C(C)(C)C(F)(F)F)C(=O)N3C2)n1. The Kier molecular flexibility index (Phi) is 11.0. The Hall–Kier alpha value is -4.61. The first-order chi connectivity index (χ1) is 26.2. The molecule has 0 bridgehead atoms. The molecule has 4 amide bonds. The molecule has 1 saturated heterocycles. The molecule has 3 fully saturated rings. The third-order valence-electron chi connectivity index (χ3n) is 11.5. The van der Waals surface area contributed by atoms with Crippen LogP contribution in [-0.2, 0) is 24.4 Å². The van der Waals surface area contributed by atoms with E-state index in [1.54, 1.807) is 42.5 Å². The van der Waals surface area contributed by atoms with Crippen LogP contribution < -0.4 is 19.5 Å². The molecule has 2 saturated carbocycles. The van der Waals surface area contributed by atoms with Gasteiger partial charge in [-0.15, -0.1) is 0 Å². The number of carbonyl (C=O) groups excluding carboxylic acids is 3. The van der Waals surface area contributed by atoms with E-state index in [0.717, 1.165) is 4.90 Å². The fourth-order valence-electron chi connectivity index (χ4n) is 7.98. The van der Waals surface area contributed by atoms with Crippen molar-refractivity contribution in [1.29, 1.82) is 0 Å². The predicted octanol–water partition coefficient (Wildman–Crippen LogP) is 4.78. The average Bonchev–Trinajstić information content (AvgIpc) is 4.04. The molecule has 3 N–H and O–H groups in total. The van der Waals surface area contributed by atoms with Crippen LogP contribution in [0, 0.1) is 17.8 Å². The number of halogens is 3. The number of ether oxygens (including phenoxy) is 2. The highest BCUT2D eigenvalue weighted by Crippen LogP contribution is 2.47. The monoisotopic (exact) mass is 807 g/mol. The molecular formula is C38H48F3N5O9S. The smallest absolute Gasteiger partial charge is 0.411 e. The van der Waals surface area contributed by atoms with Crippen molar-refractivity contribution in [2.24, 2.45) is 17.8 Å². The highest BCUT2D eigenvalue weighted by Gasteiger charge is 2.63. The highest BCUT2D eigenvalue weighted by atomic mass is 32.2. The number of rotatable bonds is 8. The number of carbonyl (C=O) groups is 4. The fraction of sp³-hybridized carbons (Fsp3) is 0.605. The third kappa shape index (κ3) is 7.98. The van der Waals surface area contributed by atoms with Crippen LogP contribution in [0.5, 0.6) is 11.8 Å². The van der Waals surface area contributed by atoms with Gasteiger partial charge in [-0.05, 0) is 75.7 Å². The summed E-state index contributed by atoms with van der Waals surface area (Å²) in [6.07, 6.45) is -2.76. The number of nitrogens with zero attached hydrogens (tertiary/aromatic N) is 3. The summed E-state index contributed by atoms with van der Waals surface area (Å²) < 4.78 is 83.5. The van der Waals surface area contributed by atoms with Crippen LogP contribution in [-0.4, -0.2) is 106 Å². The van der Waals surface area contributed by atoms with Crippen LogP contribution in [0.25, 0.3) is 10.8 Å². The van der Waals surface area contributed by atoms with E-state index in [1.165, 1.54) is 14.0 Å². The van der Waals surface area contributed by atoms with Crippen LogP contribution in [0.3, 0.4) is 0 Å². The first-order valence-electron chi connectivity index (χ1n) is 18.7. The molecule has 0 spiro atoms. The number of fused-ring (bicyclic) bond motifs is 3. The molecule has 4 aliphatic rings. The van der Waals surface area contributed by atoms with Crippen molar-refractivity contribution < 1.29 is 55.3 Å². The Labute approximate surface area is 323 Å². The molecule has 306 valence electrons. The number of methoxy groups -OCH3 is 1. The normalized spacial score (nSPS) is 29.0. The Morgan fingerprint density at radius 2 is 1.80 bits per heavy atom. The predicted molar refractivity (Wildman–Crippen MR) is 197 cm³/mol. The standard InChI is InChI=1S/C38H48F3N5O9S/c1-21-10-6-8-12-24-19-37(24,34(49)44-56(52,53)26-14-15-26)43-31(47)28-18-25(55-32-27-13-9-7-11-23(27)17-29(42-32)54-5)20-45(28)33(48)30(22(2)16-21)46(35(50)51)36(3,4)38(39,40)41/h7-9,11-13,17,21-22,24-26,28,30H,6,10,14-16,18-20H2,1-5H3,(H,43,47)(H,44,49)(H,50,51)/t21-,22+,24+,25+,28-,30-,37+/m0/s1. The number of sulfonamides is 1. The van der Waals surface area contributed by atoms with Gasteiger partial charge in [-0.3, -0.25) is 24.0 Å². The number of aromatic nitrogens is 1.